The second-order valence-electron chi connectivity index (χ2n) is 3.44. The molecule has 0 saturated heterocycles. The number of hydrogen-bond acceptors (Lipinski definition) is 1. The summed E-state index contributed by atoms with van der Waals surface area (Å²) in [5.41, 5.74) is 0.753. The van der Waals surface area contributed by atoms with Gasteiger partial charge in [0.05, 0.1) is 0 Å². The van der Waals surface area contributed by atoms with E-state index in [1.165, 1.54) is 17.0 Å². The molecule has 1 aromatic rings. The Morgan fingerprint density at radius 2 is 2.27 bits per heavy atom. The van der Waals surface area contributed by atoms with E-state index in [-0.39, 0.29) is 11.7 Å². The number of nitrogens with zero attached hydrogens (tertiary/aromatic N) is 1. The Labute approximate surface area is 93.6 Å². The lowest BCUT2D eigenvalue weighted by atomic mass is 10.2. The van der Waals surface area contributed by atoms with Crippen molar-refractivity contribution in [3.8, 4) is 0 Å². The van der Waals surface area contributed by atoms with Crippen LogP contribution in [0.5, 0.6) is 0 Å². The summed E-state index contributed by atoms with van der Waals surface area (Å²) in [5.74, 6) is -0.465. The number of alkyl halides is 1. The molecule has 1 amide bonds. The van der Waals surface area contributed by atoms with Crippen LogP contribution >= 0.6 is 11.6 Å². The molecule has 0 saturated carbocycles. The molecule has 0 aromatic heterocycles. The maximum atomic E-state index is 12.8. The van der Waals surface area contributed by atoms with Crippen LogP contribution in [0, 0.1) is 5.82 Å². The van der Waals surface area contributed by atoms with Crippen LogP contribution in [0.4, 0.5) is 4.39 Å². The first-order valence-electron chi connectivity index (χ1n) is 4.64. The third kappa shape index (κ3) is 3.51. The normalized spacial score (nSPS) is 12.3. The largest absolute Gasteiger partial charge is 0.340 e. The Bertz CT molecular complexity index is 354. The SMILES string of the molecule is CC(Cl)C(=O)N(C)Cc1cccc(F)c1. The number of rotatable bonds is 3. The standard InChI is InChI=1S/C11H13ClFNO/c1-8(12)11(15)14(2)7-9-4-3-5-10(13)6-9/h3-6,8H,7H2,1-2H3. The minimum Gasteiger partial charge on any atom is -0.340 e. The topological polar surface area (TPSA) is 20.3 Å². The van der Waals surface area contributed by atoms with Gasteiger partial charge in [-0.2, -0.15) is 0 Å². The van der Waals surface area contributed by atoms with Crippen LogP contribution in [0.25, 0.3) is 0 Å². The molecule has 0 N–H and O–H groups in total. The lowest BCUT2D eigenvalue weighted by molar-refractivity contribution is -0.129. The highest BCUT2D eigenvalue weighted by atomic mass is 35.5. The molecule has 0 bridgehead atoms. The van der Waals surface area contributed by atoms with Crippen LogP contribution in [-0.2, 0) is 11.3 Å². The second-order valence-corrected chi connectivity index (χ2v) is 4.09. The van der Waals surface area contributed by atoms with Gasteiger partial charge in [-0.05, 0) is 24.6 Å². The molecule has 0 spiro atoms. The van der Waals surface area contributed by atoms with Crippen LogP contribution in [-0.4, -0.2) is 23.2 Å². The highest BCUT2D eigenvalue weighted by molar-refractivity contribution is 6.30. The third-order valence-corrected chi connectivity index (χ3v) is 2.21. The maximum absolute atomic E-state index is 12.8. The van der Waals surface area contributed by atoms with E-state index >= 15 is 0 Å². The van der Waals surface area contributed by atoms with E-state index < -0.39 is 5.38 Å². The number of halogens is 2. The van der Waals surface area contributed by atoms with Gasteiger partial charge in [0.2, 0.25) is 5.91 Å². The van der Waals surface area contributed by atoms with Crippen molar-refractivity contribution in [2.75, 3.05) is 7.05 Å². The summed E-state index contributed by atoms with van der Waals surface area (Å²) in [6.07, 6.45) is 0. The summed E-state index contributed by atoms with van der Waals surface area (Å²) in [6.45, 7) is 1.99. The van der Waals surface area contributed by atoms with Gasteiger partial charge < -0.3 is 4.90 Å². The molecular weight excluding hydrogens is 217 g/mol. The lowest BCUT2D eigenvalue weighted by Gasteiger charge is -2.18. The lowest BCUT2D eigenvalue weighted by Crippen LogP contribution is -2.31. The quantitative estimate of drug-likeness (QED) is 0.729. The van der Waals surface area contributed by atoms with E-state index in [1.54, 1.807) is 26.1 Å². The fraction of sp³-hybridized carbons (Fsp3) is 0.364. The van der Waals surface area contributed by atoms with E-state index in [4.69, 9.17) is 11.6 Å². The van der Waals surface area contributed by atoms with Gasteiger partial charge in [0.1, 0.15) is 11.2 Å². The number of benzene rings is 1. The Hall–Kier alpha value is -1.09. The fourth-order valence-corrected chi connectivity index (χ4v) is 1.46. The third-order valence-electron chi connectivity index (χ3n) is 2.03. The van der Waals surface area contributed by atoms with Crippen molar-refractivity contribution in [1.29, 1.82) is 0 Å². The molecule has 4 heteroatoms. The van der Waals surface area contributed by atoms with Crippen molar-refractivity contribution in [3.05, 3.63) is 35.6 Å². The van der Waals surface area contributed by atoms with Crippen molar-refractivity contribution < 1.29 is 9.18 Å². The molecule has 0 heterocycles. The average molecular weight is 230 g/mol. The summed E-state index contributed by atoms with van der Waals surface area (Å²) in [5, 5.41) is -0.552. The van der Waals surface area contributed by atoms with Crippen molar-refractivity contribution in [3.63, 3.8) is 0 Å². The van der Waals surface area contributed by atoms with Crippen LogP contribution in [0.15, 0.2) is 24.3 Å². The van der Waals surface area contributed by atoms with E-state index in [1.807, 2.05) is 0 Å². The minimum atomic E-state index is -0.552. The zero-order valence-corrected chi connectivity index (χ0v) is 9.46. The maximum Gasteiger partial charge on any atom is 0.240 e. The molecule has 1 unspecified atom stereocenters. The monoisotopic (exact) mass is 229 g/mol. The van der Waals surface area contributed by atoms with Gasteiger partial charge in [0.15, 0.2) is 0 Å². The zero-order chi connectivity index (χ0) is 11.4. The van der Waals surface area contributed by atoms with Crippen molar-refractivity contribution in [1.82, 2.24) is 4.90 Å². The van der Waals surface area contributed by atoms with Crippen LogP contribution in [0.2, 0.25) is 0 Å². The minimum absolute atomic E-state index is 0.166. The van der Waals surface area contributed by atoms with Crippen molar-refractivity contribution >= 4 is 17.5 Å². The summed E-state index contributed by atoms with van der Waals surface area (Å²) in [7, 11) is 1.64. The van der Waals surface area contributed by atoms with E-state index in [9.17, 15) is 9.18 Å². The molecule has 0 radical (unpaired) electrons. The first-order chi connectivity index (χ1) is 7.00. The number of carbonyl (C=O) groups is 1. The van der Waals surface area contributed by atoms with Gasteiger partial charge in [0.25, 0.3) is 0 Å². The van der Waals surface area contributed by atoms with Crippen LogP contribution in [0.3, 0.4) is 0 Å². The van der Waals surface area contributed by atoms with Crippen molar-refractivity contribution in [2.24, 2.45) is 0 Å². The molecule has 0 aliphatic rings. The van der Waals surface area contributed by atoms with Gasteiger partial charge in [-0.15, -0.1) is 11.6 Å². The number of hydrogen-bond donors (Lipinski definition) is 0. The zero-order valence-electron chi connectivity index (χ0n) is 8.71. The molecule has 0 aliphatic heterocycles. The predicted octanol–water partition coefficient (Wildman–Crippen LogP) is 2.41. The Morgan fingerprint density at radius 3 is 2.80 bits per heavy atom. The highest BCUT2D eigenvalue weighted by Crippen LogP contribution is 2.08. The fourth-order valence-electron chi connectivity index (χ4n) is 1.29. The molecular formula is C11H13ClFNO. The predicted molar refractivity (Wildman–Crippen MR) is 58.2 cm³/mol. The van der Waals surface area contributed by atoms with E-state index in [2.05, 4.69) is 0 Å². The molecule has 1 aromatic carbocycles. The van der Waals surface area contributed by atoms with Gasteiger partial charge in [-0.1, -0.05) is 12.1 Å². The molecule has 2 nitrogen and oxygen atoms in total. The Morgan fingerprint density at radius 1 is 1.60 bits per heavy atom. The molecule has 0 aliphatic carbocycles. The van der Waals surface area contributed by atoms with Crippen LogP contribution in [0.1, 0.15) is 12.5 Å². The van der Waals surface area contributed by atoms with Gasteiger partial charge in [0, 0.05) is 13.6 Å². The van der Waals surface area contributed by atoms with E-state index in [0.29, 0.717) is 6.54 Å². The molecule has 1 atom stereocenters. The Kier molecular flexibility index (Phi) is 4.09. The number of amides is 1. The molecule has 82 valence electrons. The van der Waals surface area contributed by atoms with Crippen LogP contribution < -0.4 is 0 Å². The summed E-state index contributed by atoms with van der Waals surface area (Å²) in [4.78, 5) is 12.9. The van der Waals surface area contributed by atoms with Crippen molar-refractivity contribution in [2.45, 2.75) is 18.8 Å². The van der Waals surface area contributed by atoms with Gasteiger partial charge in [-0.25, -0.2) is 4.39 Å². The number of carbonyl (C=O) groups excluding carboxylic acids is 1. The van der Waals surface area contributed by atoms with Gasteiger partial charge >= 0.3 is 0 Å². The first kappa shape index (κ1) is 12.0. The smallest absolute Gasteiger partial charge is 0.240 e. The summed E-state index contributed by atoms with van der Waals surface area (Å²) < 4.78 is 12.8. The summed E-state index contributed by atoms with van der Waals surface area (Å²) >= 11 is 5.66. The molecule has 0 fully saturated rings. The van der Waals surface area contributed by atoms with Gasteiger partial charge in [-0.3, -0.25) is 4.79 Å². The average Bonchev–Trinajstić information content (AvgIpc) is 2.16. The second kappa shape index (κ2) is 5.12. The Balaban J connectivity index is 2.66. The first-order valence-corrected chi connectivity index (χ1v) is 5.08. The molecule has 1 rings (SSSR count). The van der Waals surface area contributed by atoms with E-state index in [0.717, 1.165) is 5.56 Å². The highest BCUT2D eigenvalue weighted by Gasteiger charge is 2.14. The summed E-state index contributed by atoms with van der Waals surface area (Å²) in [6, 6.07) is 6.16. The molecule has 15 heavy (non-hydrogen) atoms.